The van der Waals surface area contributed by atoms with Gasteiger partial charge in [0.2, 0.25) is 0 Å². The van der Waals surface area contributed by atoms with Crippen molar-refractivity contribution in [2.75, 3.05) is 12.3 Å². The van der Waals surface area contributed by atoms with E-state index in [1.165, 1.54) is 0 Å². The van der Waals surface area contributed by atoms with E-state index < -0.39 is 0 Å². The molecule has 74 valence electrons. The summed E-state index contributed by atoms with van der Waals surface area (Å²) >= 11 is 0. The molecule has 0 aliphatic rings. The second-order valence-electron chi connectivity index (χ2n) is 3.53. The second kappa shape index (κ2) is 4.52. The van der Waals surface area contributed by atoms with Crippen LogP contribution in [0.25, 0.3) is 0 Å². The third kappa shape index (κ3) is 2.40. The zero-order chi connectivity index (χ0) is 10.6. The normalized spacial score (nSPS) is 9.86. The van der Waals surface area contributed by atoms with E-state index in [1.807, 2.05) is 6.07 Å². The van der Waals surface area contributed by atoms with Crippen molar-refractivity contribution < 1.29 is 4.74 Å². The van der Waals surface area contributed by atoms with E-state index in [1.54, 1.807) is 18.2 Å². The maximum atomic E-state index is 8.73. The van der Waals surface area contributed by atoms with Crippen molar-refractivity contribution in [1.29, 1.82) is 5.26 Å². The van der Waals surface area contributed by atoms with Gasteiger partial charge in [-0.2, -0.15) is 5.26 Å². The Balaban J connectivity index is 2.83. The van der Waals surface area contributed by atoms with Crippen LogP contribution in [0.3, 0.4) is 0 Å². The van der Waals surface area contributed by atoms with Gasteiger partial charge in [-0.1, -0.05) is 19.9 Å². The summed E-state index contributed by atoms with van der Waals surface area (Å²) in [5.41, 5.74) is 6.62. The van der Waals surface area contributed by atoms with Gasteiger partial charge in [0.05, 0.1) is 17.9 Å². The molecule has 0 aromatic heterocycles. The van der Waals surface area contributed by atoms with Gasteiger partial charge in [0.15, 0.2) is 0 Å². The summed E-state index contributed by atoms with van der Waals surface area (Å²) in [5.74, 6) is 1.04. The molecular weight excluding hydrogens is 176 g/mol. The number of nitrogens with two attached hydrogens (primary N) is 1. The first kappa shape index (κ1) is 10.4. The largest absolute Gasteiger partial charge is 0.491 e. The third-order valence-electron chi connectivity index (χ3n) is 1.76. The quantitative estimate of drug-likeness (QED) is 0.743. The van der Waals surface area contributed by atoms with Crippen LogP contribution in [0.2, 0.25) is 0 Å². The fourth-order valence-corrected chi connectivity index (χ4v) is 1.02. The molecule has 0 bridgehead atoms. The number of hydrogen-bond donors (Lipinski definition) is 1. The minimum atomic E-state index is 0.427. The van der Waals surface area contributed by atoms with E-state index in [-0.39, 0.29) is 0 Å². The van der Waals surface area contributed by atoms with Crippen molar-refractivity contribution in [3.05, 3.63) is 23.8 Å². The molecule has 2 N–H and O–H groups in total. The van der Waals surface area contributed by atoms with Crippen LogP contribution in [-0.2, 0) is 0 Å². The average Bonchev–Trinajstić information content (AvgIpc) is 2.16. The Morgan fingerprint density at radius 3 is 2.79 bits per heavy atom. The Labute approximate surface area is 84.1 Å². The van der Waals surface area contributed by atoms with Crippen molar-refractivity contribution in [1.82, 2.24) is 0 Å². The van der Waals surface area contributed by atoms with Crippen LogP contribution >= 0.6 is 0 Å². The molecular formula is C11H14N2O. The molecule has 0 fully saturated rings. The van der Waals surface area contributed by atoms with E-state index in [9.17, 15) is 0 Å². The van der Waals surface area contributed by atoms with E-state index in [0.717, 1.165) is 0 Å². The monoisotopic (exact) mass is 190 g/mol. The molecule has 1 aromatic carbocycles. The lowest BCUT2D eigenvalue weighted by molar-refractivity contribution is 0.272. The average molecular weight is 190 g/mol. The summed E-state index contributed by atoms with van der Waals surface area (Å²) in [6, 6.07) is 7.24. The molecule has 0 unspecified atom stereocenters. The molecule has 3 heteroatoms. The molecule has 0 heterocycles. The van der Waals surface area contributed by atoms with Gasteiger partial charge in [-0.15, -0.1) is 0 Å². The van der Waals surface area contributed by atoms with Gasteiger partial charge in [-0.3, -0.25) is 0 Å². The van der Waals surface area contributed by atoms with E-state index in [0.29, 0.717) is 29.5 Å². The van der Waals surface area contributed by atoms with Crippen LogP contribution in [0.4, 0.5) is 5.69 Å². The highest BCUT2D eigenvalue weighted by Gasteiger charge is 2.05. The first-order chi connectivity index (χ1) is 6.65. The summed E-state index contributed by atoms with van der Waals surface area (Å²) in [5, 5.41) is 8.73. The first-order valence-corrected chi connectivity index (χ1v) is 4.56. The number of ether oxygens (including phenoxy) is 1. The summed E-state index contributed by atoms with van der Waals surface area (Å²) in [4.78, 5) is 0. The Bertz CT molecular complexity index is 353. The Hall–Kier alpha value is -1.69. The zero-order valence-corrected chi connectivity index (χ0v) is 8.45. The van der Waals surface area contributed by atoms with Crippen LogP contribution in [0.5, 0.6) is 5.75 Å². The van der Waals surface area contributed by atoms with E-state index in [4.69, 9.17) is 15.7 Å². The van der Waals surface area contributed by atoms with Gasteiger partial charge in [0, 0.05) is 0 Å². The highest BCUT2D eigenvalue weighted by Crippen LogP contribution is 2.24. The summed E-state index contributed by atoms with van der Waals surface area (Å²) in [7, 11) is 0. The summed E-state index contributed by atoms with van der Waals surface area (Å²) in [6.45, 7) is 4.73. The molecule has 0 amide bonds. The molecule has 0 saturated heterocycles. The molecule has 0 atom stereocenters. The molecule has 1 aromatic rings. The Morgan fingerprint density at radius 1 is 1.50 bits per heavy atom. The highest BCUT2D eigenvalue weighted by molar-refractivity contribution is 5.62. The molecule has 0 spiro atoms. The Morgan fingerprint density at radius 2 is 2.21 bits per heavy atom. The van der Waals surface area contributed by atoms with Crippen molar-refractivity contribution in [2.24, 2.45) is 5.92 Å². The SMILES string of the molecule is CC(C)COc1cccc(C#N)c1N. The van der Waals surface area contributed by atoms with Gasteiger partial charge < -0.3 is 10.5 Å². The summed E-state index contributed by atoms with van der Waals surface area (Å²) in [6.07, 6.45) is 0. The molecule has 14 heavy (non-hydrogen) atoms. The van der Waals surface area contributed by atoms with Crippen molar-refractivity contribution in [3.8, 4) is 11.8 Å². The van der Waals surface area contributed by atoms with Crippen molar-refractivity contribution >= 4 is 5.69 Å². The molecule has 1 rings (SSSR count). The first-order valence-electron chi connectivity index (χ1n) is 4.56. The third-order valence-corrected chi connectivity index (χ3v) is 1.76. The van der Waals surface area contributed by atoms with Gasteiger partial charge in [0.1, 0.15) is 11.8 Å². The van der Waals surface area contributed by atoms with Crippen LogP contribution in [0.15, 0.2) is 18.2 Å². The van der Waals surface area contributed by atoms with Crippen LogP contribution in [-0.4, -0.2) is 6.61 Å². The zero-order valence-electron chi connectivity index (χ0n) is 8.45. The topological polar surface area (TPSA) is 59.0 Å². The van der Waals surface area contributed by atoms with Gasteiger partial charge in [-0.05, 0) is 18.1 Å². The molecule has 0 aliphatic carbocycles. The molecule has 0 aliphatic heterocycles. The lowest BCUT2D eigenvalue weighted by atomic mass is 10.2. The maximum Gasteiger partial charge on any atom is 0.143 e. The predicted molar refractivity (Wildman–Crippen MR) is 55.9 cm³/mol. The standard InChI is InChI=1S/C11H14N2O/c1-8(2)7-14-10-5-3-4-9(6-12)11(10)13/h3-5,8H,7,13H2,1-2H3. The highest BCUT2D eigenvalue weighted by atomic mass is 16.5. The number of rotatable bonds is 3. The van der Waals surface area contributed by atoms with Crippen LogP contribution < -0.4 is 10.5 Å². The summed E-state index contributed by atoms with van der Waals surface area (Å²) < 4.78 is 5.46. The number of hydrogen-bond acceptors (Lipinski definition) is 3. The number of anilines is 1. The minimum Gasteiger partial charge on any atom is -0.491 e. The smallest absolute Gasteiger partial charge is 0.143 e. The number of para-hydroxylation sites is 1. The van der Waals surface area contributed by atoms with Crippen LogP contribution in [0, 0.1) is 17.2 Å². The lowest BCUT2D eigenvalue weighted by Crippen LogP contribution is -2.06. The molecule has 3 nitrogen and oxygen atoms in total. The van der Waals surface area contributed by atoms with Gasteiger partial charge in [0.25, 0.3) is 0 Å². The number of nitrogen functional groups attached to an aromatic ring is 1. The fraction of sp³-hybridized carbons (Fsp3) is 0.364. The molecule has 0 radical (unpaired) electrons. The minimum absolute atomic E-state index is 0.427. The number of benzene rings is 1. The number of nitriles is 1. The van der Waals surface area contributed by atoms with Crippen molar-refractivity contribution in [3.63, 3.8) is 0 Å². The van der Waals surface area contributed by atoms with Gasteiger partial charge in [-0.25, -0.2) is 0 Å². The predicted octanol–water partition coefficient (Wildman–Crippen LogP) is 2.18. The number of nitrogens with zero attached hydrogens (tertiary/aromatic N) is 1. The maximum absolute atomic E-state index is 8.73. The van der Waals surface area contributed by atoms with Crippen LogP contribution in [0.1, 0.15) is 19.4 Å². The van der Waals surface area contributed by atoms with Crippen molar-refractivity contribution in [2.45, 2.75) is 13.8 Å². The van der Waals surface area contributed by atoms with E-state index in [2.05, 4.69) is 13.8 Å². The molecule has 0 saturated carbocycles. The second-order valence-corrected chi connectivity index (χ2v) is 3.53. The fourth-order valence-electron chi connectivity index (χ4n) is 1.02. The lowest BCUT2D eigenvalue weighted by Gasteiger charge is -2.11. The van der Waals surface area contributed by atoms with Gasteiger partial charge >= 0.3 is 0 Å². The Kier molecular flexibility index (Phi) is 3.35. The van der Waals surface area contributed by atoms with E-state index >= 15 is 0 Å².